The number of carbonyl (C=O) groups is 2. The van der Waals surface area contributed by atoms with Gasteiger partial charge in [0.15, 0.2) is 5.78 Å². The molecule has 2 N–H and O–H groups in total. The molecule has 2 aliphatic rings. The van der Waals surface area contributed by atoms with Gasteiger partial charge in [0.05, 0.1) is 0 Å². The van der Waals surface area contributed by atoms with Crippen molar-refractivity contribution in [2.24, 2.45) is 0 Å². The molecule has 0 saturated carbocycles. The predicted molar refractivity (Wildman–Crippen MR) is 111 cm³/mol. The second-order valence-electron chi connectivity index (χ2n) is 7.57. The summed E-state index contributed by atoms with van der Waals surface area (Å²) in [5.41, 5.74) is 4.55. The van der Waals surface area contributed by atoms with Crippen LogP contribution in [0, 0.1) is 5.82 Å². The zero-order valence-corrected chi connectivity index (χ0v) is 17.8. The fraction of sp³-hybridized carbons (Fsp3) is 0.333. The van der Waals surface area contributed by atoms with Crippen LogP contribution < -0.4 is 10.0 Å². The smallest absolute Gasteiger partial charge is 0.307 e. The zero-order valence-electron chi connectivity index (χ0n) is 16.3. The first kappa shape index (κ1) is 20.8. The number of ketones is 1. The molecule has 0 radical (unpaired) electrons. The summed E-state index contributed by atoms with van der Waals surface area (Å²) in [6.07, 6.45) is 4.96. The van der Waals surface area contributed by atoms with Gasteiger partial charge in [-0.3, -0.25) is 4.79 Å². The molecule has 9 heteroatoms. The van der Waals surface area contributed by atoms with Gasteiger partial charge in [-0.1, -0.05) is 11.6 Å². The van der Waals surface area contributed by atoms with Gasteiger partial charge in [0.1, 0.15) is 10.7 Å². The second-order valence-corrected chi connectivity index (χ2v) is 9.60. The van der Waals surface area contributed by atoms with Crippen molar-refractivity contribution < 1.29 is 22.4 Å². The van der Waals surface area contributed by atoms with E-state index in [0.29, 0.717) is 5.69 Å². The van der Waals surface area contributed by atoms with Crippen LogP contribution >= 0.6 is 11.6 Å². The Balaban J connectivity index is 1.64. The van der Waals surface area contributed by atoms with Crippen molar-refractivity contribution in [3.05, 3.63) is 56.9 Å². The molecular formula is C21H20ClFN2O4S. The number of Topliss-reactive ketones (excluding diaryl/α,β-unsaturated/α-hetero) is 1. The van der Waals surface area contributed by atoms with E-state index in [1.807, 2.05) is 4.72 Å². The molecule has 0 unspecified atom stereocenters. The summed E-state index contributed by atoms with van der Waals surface area (Å²) in [5, 5.41) is 3.44. The van der Waals surface area contributed by atoms with Crippen molar-refractivity contribution >= 4 is 39.1 Å². The largest absolute Gasteiger partial charge is 0.333 e. The molecule has 6 nitrogen and oxygen atoms in total. The minimum absolute atomic E-state index is 0.0329. The molecule has 0 saturated heterocycles. The lowest BCUT2D eigenvalue weighted by Crippen LogP contribution is -2.35. The predicted octanol–water partition coefficient (Wildman–Crippen LogP) is 4.17. The Morgan fingerprint density at radius 1 is 1.00 bits per heavy atom. The average Bonchev–Trinajstić information content (AvgIpc) is 3.34. The molecular weight excluding hydrogens is 431 g/mol. The van der Waals surface area contributed by atoms with E-state index in [4.69, 9.17) is 11.6 Å². The number of anilines is 1. The third kappa shape index (κ3) is 3.58. The third-order valence-corrected chi connectivity index (χ3v) is 7.46. The molecule has 0 aliphatic heterocycles. The molecule has 2 amide bonds. The highest BCUT2D eigenvalue weighted by molar-refractivity contribution is 7.90. The van der Waals surface area contributed by atoms with Crippen LogP contribution in [0.15, 0.2) is 23.1 Å². The van der Waals surface area contributed by atoms with E-state index in [1.54, 1.807) is 0 Å². The van der Waals surface area contributed by atoms with Gasteiger partial charge in [-0.15, -0.1) is 0 Å². The monoisotopic (exact) mass is 450 g/mol. The minimum Gasteiger partial charge on any atom is -0.307 e. The molecule has 158 valence electrons. The summed E-state index contributed by atoms with van der Waals surface area (Å²) in [4.78, 5) is 23.4. The summed E-state index contributed by atoms with van der Waals surface area (Å²) < 4.78 is 41.2. The number of fused-ring (bicyclic) bond motifs is 2. The molecule has 0 atom stereocenters. The van der Waals surface area contributed by atoms with Crippen molar-refractivity contribution in [3.63, 3.8) is 0 Å². The summed E-state index contributed by atoms with van der Waals surface area (Å²) in [6, 6.07) is 2.03. The number of carbonyl (C=O) groups excluding carboxylic acids is 2. The Labute approximate surface area is 178 Å². The highest BCUT2D eigenvalue weighted by Crippen LogP contribution is 2.44. The van der Waals surface area contributed by atoms with Gasteiger partial charge in [-0.25, -0.2) is 22.3 Å². The molecule has 2 aromatic rings. The van der Waals surface area contributed by atoms with E-state index in [2.05, 4.69) is 5.32 Å². The van der Waals surface area contributed by atoms with Gasteiger partial charge in [0.2, 0.25) is 0 Å². The number of benzene rings is 2. The van der Waals surface area contributed by atoms with E-state index < -0.39 is 32.6 Å². The number of hydrogen-bond acceptors (Lipinski definition) is 4. The molecule has 0 aromatic heterocycles. The van der Waals surface area contributed by atoms with Crippen LogP contribution in [0.2, 0.25) is 5.02 Å². The maximum absolute atomic E-state index is 14.1. The number of hydrogen-bond donors (Lipinski definition) is 2. The quantitative estimate of drug-likeness (QED) is 0.684. The van der Waals surface area contributed by atoms with Crippen LogP contribution in [-0.4, -0.2) is 20.2 Å². The first-order chi connectivity index (χ1) is 14.2. The van der Waals surface area contributed by atoms with E-state index in [0.717, 1.165) is 77.9 Å². The molecule has 2 aromatic carbocycles. The highest BCUT2D eigenvalue weighted by atomic mass is 35.5. The number of nitrogens with one attached hydrogen (secondary N) is 2. The molecule has 30 heavy (non-hydrogen) atoms. The first-order valence-corrected chi connectivity index (χ1v) is 11.5. The summed E-state index contributed by atoms with van der Waals surface area (Å²) in [6.45, 7) is 1.24. The number of urea groups is 1. The lowest BCUT2D eigenvalue weighted by molar-refractivity contribution is 0.101. The zero-order chi connectivity index (χ0) is 21.6. The van der Waals surface area contributed by atoms with Gasteiger partial charge >= 0.3 is 6.03 Å². The topological polar surface area (TPSA) is 92.3 Å². The van der Waals surface area contributed by atoms with Crippen LogP contribution in [0.3, 0.4) is 0 Å². The molecule has 2 aliphatic carbocycles. The SMILES string of the molecule is CC(=O)c1ccc(F)c(S(=O)(=O)NC(=O)Nc2c3c(c(Cl)c4c2CCC4)CCC3)c1. The fourth-order valence-corrected chi connectivity index (χ4v) is 5.71. The number of rotatable bonds is 4. The van der Waals surface area contributed by atoms with Crippen LogP contribution in [0.25, 0.3) is 0 Å². The van der Waals surface area contributed by atoms with E-state index in [-0.39, 0.29) is 5.56 Å². The summed E-state index contributed by atoms with van der Waals surface area (Å²) in [5.74, 6) is -1.46. The van der Waals surface area contributed by atoms with Crippen molar-refractivity contribution in [2.75, 3.05) is 5.32 Å². The van der Waals surface area contributed by atoms with E-state index in [9.17, 15) is 22.4 Å². The number of halogens is 2. The Morgan fingerprint density at radius 3 is 2.13 bits per heavy atom. The average molecular weight is 451 g/mol. The lowest BCUT2D eigenvalue weighted by atomic mass is 9.98. The second kappa shape index (κ2) is 7.67. The Kier molecular flexibility index (Phi) is 5.32. The Hall–Kier alpha value is -2.45. The lowest BCUT2D eigenvalue weighted by Gasteiger charge is -2.18. The van der Waals surface area contributed by atoms with Crippen molar-refractivity contribution in [1.29, 1.82) is 0 Å². The van der Waals surface area contributed by atoms with Gasteiger partial charge < -0.3 is 5.32 Å². The van der Waals surface area contributed by atoms with Gasteiger partial charge in [-0.05, 0) is 85.9 Å². The van der Waals surface area contributed by atoms with Crippen LogP contribution in [0.5, 0.6) is 0 Å². The Morgan fingerprint density at radius 2 is 1.57 bits per heavy atom. The first-order valence-electron chi connectivity index (χ1n) is 9.68. The summed E-state index contributed by atoms with van der Waals surface area (Å²) in [7, 11) is -4.52. The molecule has 0 fully saturated rings. The van der Waals surface area contributed by atoms with Crippen molar-refractivity contribution in [1.82, 2.24) is 4.72 Å². The van der Waals surface area contributed by atoms with Crippen LogP contribution in [0.4, 0.5) is 14.9 Å². The van der Waals surface area contributed by atoms with Gasteiger partial charge in [0.25, 0.3) is 10.0 Å². The molecule has 0 heterocycles. The summed E-state index contributed by atoms with van der Waals surface area (Å²) >= 11 is 6.56. The fourth-order valence-electron chi connectivity index (χ4n) is 4.28. The Bertz CT molecular complexity index is 1160. The van der Waals surface area contributed by atoms with Gasteiger partial charge in [0, 0.05) is 16.3 Å². The number of sulfonamides is 1. The van der Waals surface area contributed by atoms with Crippen LogP contribution in [0.1, 0.15) is 52.4 Å². The van der Waals surface area contributed by atoms with Crippen molar-refractivity contribution in [2.45, 2.75) is 50.3 Å². The molecule has 4 rings (SSSR count). The van der Waals surface area contributed by atoms with Crippen molar-refractivity contribution in [3.8, 4) is 0 Å². The maximum Gasteiger partial charge on any atom is 0.333 e. The maximum atomic E-state index is 14.1. The number of amides is 2. The molecule has 0 spiro atoms. The standard InChI is InChI=1S/C21H20ClFN2O4S/c1-11(26)12-8-9-17(23)18(10-12)30(28,29)25-21(27)24-20-15-6-2-4-13(15)19(22)14-5-3-7-16(14)20/h8-10H,2-7H2,1H3,(H2,24,25,27). The van der Waals surface area contributed by atoms with E-state index in [1.165, 1.54) is 13.0 Å². The van der Waals surface area contributed by atoms with E-state index >= 15 is 0 Å². The third-order valence-electron chi connectivity index (χ3n) is 5.66. The molecule has 0 bridgehead atoms. The normalized spacial score (nSPS) is 14.9. The van der Waals surface area contributed by atoms with Crippen LogP contribution in [-0.2, 0) is 35.7 Å². The van der Waals surface area contributed by atoms with Gasteiger partial charge in [-0.2, -0.15) is 0 Å². The minimum atomic E-state index is -4.52. The highest BCUT2D eigenvalue weighted by Gasteiger charge is 2.30.